The fraction of sp³-hybridized carbons (Fsp3) is 0.217. The van der Waals surface area contributed by atoms with E-state index in [-0.39, 0.29) is 10.8 Å². The molecule has 6 aromatic rings. The summed E-state index contributed by atoms with van der Waals surface area (Å²) in [7, 11) is 4.33. The zero-order chi connectivity index (χ0) is 34.2. The van der Waals surface area contributed by atoms with Crippen molar-refractivity contribution in [3.8, 4) is 22.6 Å². The van der Waals surface area contributed by atoms with E-state index < -0.39 is 11.4 Å². The van der Waals surface area contributed by atoms with Gasteiger partial charge in [-0.15, -0.1) is 0 Å². The van der Waals surface area contributed by atoms with E-state index in [1.807, 2.05) is 0 Å². The van der Waals surface area contributed by atoms with Crippen molar-refractivity contribution in [3.63, 3.8) is 0 Å². The number of hydrogen-bond donors (Lipinski definition) is 0. The van der Waals surface area contributed by atoms with Crippen LogP contribution in [0, 0.1) is 0 Å². The first-order valence-electron chi connectivity index (χ1n) is 17.6. The second-order valence-electron chi connectivity index (χ2n) is 15.4. The molecule has 4 aliphatic rings. The van der Waals surface area contributed by atoms with E-state index in [2.05, 4.69) is 185 Å². The fourth-order valence-corrected chi connectivity index (χ4v) is 9.65. The molecule has 4 heterocycles. The van der Waals surface area contributed by atoms with Gasteiger partial charge in [-0.2, -0.15) is 0 Å². The molecule has 0 bridgehead atoms. The Kier molecular flexibility index (Phi) is 5.65. The van der Waals surface area contributed by atoms with Gasteiger partial charge in [0.05, 0.1) is 10.8 Å². The lowest BCUT2D eigenvalue weighted by molar-refractivity contribution is 0.0570. The lowest BCUT2D eigenvalue weighted by Gasteiger charge is -2.47. The Hall–Kier alpha value is -5.48. The highest BCUT2D eigenvalue weighted by Gasteiger charge is 2.59. The molecule has 0 aliphatic carbocycles. The van der Waals surface area contributed by atoms with Gasteiger partial charge in [0, 0.05) is 47.7 Å². The summed E-state index contributed by atoms with van der Waals surface area (Å²) in [4.78, 5) is 4.64. The van der Waals surface area contributed by atoms with Crippen molar-refractivity contribution in [1.82, 2.24) is 0 Å². The first kappa shape index (κ1) is 29.4. The summed E-state index contributed by atoms with van der Waals surface area (Å²) in [5, 5.41) is 4.61. The van der Waals surface area contributed by atoms with E-state index in [0.717, 1.165) is 44.5 Å². The Bertz CT molecular complexity index is 2330. The minimum absolute atomic E-state index is 0.334. The van der Waals surface area contributed by atoms with Crippen LogP contribution < -0.4 is 19.3 Å². The van der Waals surface area contributed by atoms with Crippen molar-refractivity contribution in [2.45, 2.75) is 50.0 Å². The van der Waals surface area contributed by atoms with Crippen molar-refractivity contribution >= 4 is 45.1 Å². The van der Waals surface area contributed by atoms with E-state index in [1.54, 1.807) is 0 Å². The lowest BCUT2D eigenvalue weighted by atomic mass is 9.75. The van der Waals surface area contributed by atoms with Crippen molar-refractivity contribution in [1.29, 1.82) is 0 Å². The first-order chi connectivity index (χ1) is 24.1. The van der Waals surface area contributed by atoms with Crippen molar-refractivity contribution in [2.24, 2.45) is 0 Å². The number of likely N-dealkylation sites (N-methyl/N-ethyl adjacent to an activating group) is 2. The molecular weight excluding hydrogens is 613 g/mol. The topological polar surface area (TPSA) is 24.9 Å². The Morgan fingerprint density at radius 3 is 1.28 bits per heavy atom. The van der Waals surface area contributed by atoms with Crippen LogP contribution in [0.25, 0.3) is 44.8 Å². The largest absolute Gasteiger partial charge is 0.462 e. The van der Waals surface area contributed by atoms with Gasteiger partial charge >= 0.3 is 0 Å². The Balaban J connectivity index is 1.27. The maximum absolute atomic E-state index is 7.61. The van der Waals surface area contributed by atoms with Gasteiger partial charge in [-0.25, -0.2) is 0 Å². The predicted octanol–water partition coefficient (Wildman–Crippen LogP) is 10.7. The van der Waals surface area contributed by atoms with Gasteiger partial charge in [0.2, 0.25) is 11.4 Å². The molecule has 246 valence electrons. The SMILES string of the molecule is CN1c2ccccc2C(C)(C)C12C=Cc1cc3ccccc3c(-c3c4c(cc5ccccc35)C=CC3(O4)N(C)c4ccccc4C3(C)C)c1O2. The van der Waals surface area contributed by atoms with E-state index in [9.17, 15) is 0 Å². The van der Waals surface area contributed by atoms with Gasteiger partial charge in [0.1, 0.15) is 11.5 Å². The number of anilines is 2. The molecule has 50 heavy (non-hydrogen) atoms. The molecule has 2 unspecified atom stereocenters. The van der Waals surface area contributed by atoms with Crippen LogP contribution in [0.4, 0.5) is 11.4 Å². The quantitative estimate of drug-likeness (QED) is 0.176. The molecule has 2 atom stereocenters. The number of benzene rings is 6. The number of hydrogen-bond acceptors (Lipinski definition) is 4. The molecule has 0 N–H and O–H groups in total. The van der Waals surface area contributed by atoms with Crippen LogP contribution in [-0.4, -0.2) is 25.5 Å². The molecule has 0 radical (unpaired) electrons. The molecular formula is C46H40N2O2. The number of rotatable bonds is 1. The van der Waals surface area contributed by atoms with Crippen LogP contribution >= 0.6 is 0 Å². The average Bonchev–Trinajstić information content (AvgIpc) is 3.40. The first-order valence-corrected chi connectivity index (χ1v) is 17.6. The van der Waals surface area contributed by atoms with E-state index in [0.29, 0.717) is 0 Å². The van der Waals surface area contributed by atoms with Gasteiger partial charge in [-0.1, -0.05) is 84.9 Å². The summed E-state index contributed by atoms with van der Waals surface area (Å²) >= 11 is 0. The molecule has 6 aromatic carbocycles. The van der Waals surface area contributed by atoms with Crippen molar-refractivity contribution in [3.05, 3.63) is 144 Å². The van der Waals surface area contributed by atoms with Crippen LogP contribution in [0.15, 0.2) is 121 Å². The van der Waals surface area contributed by atoms with Gasteiger partial charge in [0.15, 0.2) is 0 Å². The fourth-order valence-electron chi connectivity index (χ4n) is 9.65. The van der Waals surface area contributed by atoms with Crippen LogP contribution in [0.1, 0.15) is 49.9 Å². The average molecular weight is 653 g/mol. The minimum atomic E-state index is -0.733. The van der Waals surface area contributed by atoms with Gasteiger partial charge in [0.25, 0.3) is 0 Å². The van der Waals surface area contributed by atoms with Crippen LogP contribution in [-0.2, 0) is 10.8 Å². The van der Waals surface area contributed by atoms with E-state index in [4.69, 9.17) is 9.47 Å². The minimum Gasteiger partial charge on any atom is -0.462 e. The summed E-state index contributed by atoms with van der Waals surface area (Å²) < 4.78 is 15.2. The number of nitrogens with zero attached hydrogens (tertiary/aromatic N) is 2. The van der Waals surface area contributed by atoms with Gasteiger partial charge in [-0.3, -0.25) is 0 Å². The third kappa shape index (κ3) is 3.41. The highest BCUT2D eigenvalue weighted by Crippen LogP contribution is 2.60. The molecule has 0 saturated carbocycles. The van der Waals surface area contributed by atoms with Crippen molar-refractivity contribution in [2.75, 3.05) is 23.9 Å². The maximum Gasteiger partial charge on any atom is 0.211 e. The highest BCUT2D eigenvalue weighted by molar-refractivity contribution is 6.12. The Labute approximate surface area is 293 Å². The Morgan fingerprint density at radius 2 is 0.860 bits per heavy atom. The molecule has 0 aromatic heterocycles. The predicted molar refractivity (Wildman–Crippen MR) is 207 cm³/mol. The number of ether oxygens (including phenoxy) is 2. The second kappa shape index (κ2) is 9.60. The molecule has 4 heteroatoms. The summed E-state index contributed by atoms with van der Waals surface area (Å²) in [6.07, 6.45) is 9.11. The summed E-state index contributed by atoms with van der Waals surface area (Å²) in [6, 6.07) is 39.4. The molecule has 0 saturated heterocycles. The zero-order valence-corrected chi connectivity index (χ0v) is 29.4. The second-order valence-corrected chi connectivity index (χ2v) is 15.4. The third-order valence-electron chi connectivity index (χ3n) is 12.5. The molecule has 4 nitrogen and oxygen atoms in total. The smallest absolute Gasteiger partial charge is 0.211 e. The molecule has 10 rings (SSSR count). The van der Waals surface area contributed by atoms with Crippen LogP contribution in [0.5, 0.6) is 11.5 Å². The summed E-state index contributed by atoms with van der Waals surface area (Å²) in [5.41, 5.74) is 7.08. The molecule has 4 aliphatic heterocycles. The Morgan fingerprint density at radius 1 is 0.480 bits per heavy atom. The summed E-state index contributed by atoms with van der Waals surface area (Å²) in [5.74, 6) is 1.76. The summed E-state index contributed by atoms with van der Waals surface area (Å²) in [6.45, 7) is 9.22. The van der Waals surface area contributed by atoms with E-state index >= 15 is 0 Å². The van der Waals surface area contributed by atoms with Crippen LogP contribution in [0.3, 0.4) is 0 Å². The normalized spacial score (nSPS) is 23.2. The molecule has 2 spiro atoms. The maximum atomic E-state index is 7.61. The number of fused-ring (bicyclic) bond motifs is 6. The van der Waals surface area contributed by atoms with Crippen LogP contribution in [0.2, 0.25) is 0 Å². The number of para-hydroxylation sites is 2. The standard InChI is InChI=1S/C46H40N2O2/c1-43(2)35-19-11-13-21-37(35)47(5)45(43)25-23-31-27-29-15-7-9-17-33(29)39(41(31)49-45)40-34-18-10-8-16-30(34)28-32-24-26-46(50-42(32)40)44(3,4)36-20-12-14-22-38(36)48(46)6/h7-28H,1-6H3. The highest BCUT2D eigenvalue weighted by atomic mass is 16.5. The van der Waals surface area contributed by atoms with E-state index in [1.165, 1.54) is 33.3 Å². The van der Waals surface area contributed by atoms with Gasteiger partial charge in [-0.05, 0) is 109 Å². The van der Waals surface area contributed by atoms with Crippen molar-refractivity contribution < 1.29 is 9.47 Å². The van der Waals surface area contributed by atoms with Gasteiger partial charge < -0.3 is 19.3 Å². The monoisotopic (exact) mass is 652 g/mol. The zero-order valence-electron chi connectivity index (χ0n) is 29.4. The third-order valence-corrected chi connectivity index (χ3v) is 12.5. The lowest BCUT2D eigenvalue weighted by Crippen LogP contribution is -2.58. The molecule has 0 fully saturated rings. The molecule has 0 amide bonds.